The molecule has 3 nitrogen and oxygen atoms in total. The fourth-order valence-electron chi connectivity index (χ4n) is 3.83. The Hall–Kier alpha value is -0.900. The third-order valence-corrected chi connectivity index (χ3v) is 5.07. The maximum absolute atomic E-state index is 6.16. The van der Waals surface area contributed by atoms with Crippen molar-refractivity contribution in [3.63, 3.8) is 0 Å². The van der Waals surface area contributed by atoms with E-state index in [2.05, 4.69) is 42.2 Å². The van der Waals surface area contributed by atoms with E-state index in [1.54, 1.807) is 0 Å². The van der Waals surface area contributed by atoms with Crippen molar-refractivity contribution in [2.45, 2.75) is 63.8 Å². The maximum Gasteiger partial charge on any atom is 0.0956 e. The summed E-state index contributed by atoms with van der Waals surface area (Å²) in [6, 6.07) is 10.6. The molecule has 3 heteroatoms. The van der Waals surface area contributed by atoms with Crippen LogP contribution in [0.1, 0.15) is 57.1 Å². The minimum atomic E-state index is 0.192. The van der Waals surface area contributed by atoms with Crippen molar-refractivity contribution >= 4 is 0 Å². The summed E-state index contributed by atoms with van der Waals surface area (Å²) in [7, 11) is 0. The molecule has 2 unspecified atom stereocenters. The van der Waals surface area contributed by atoms with Crippen LogP contribution in [0.2, 0.25) is 0 Å². The molecule has 0 spiro atoms. The van der Waals surface area contributed by atoms with Crippen LogP contribution in [-0.2, 0) is 9.47 Å². The van der Waals surface area contributed by atoms with E-state index in [4.69, 9.17) is 9.47 Å². The van der Waals surface area contributed by atoms with Crippen LogP contribution < -0.4 is 0 Å². The number of benzene rings is 1. The molecule has 1 saturated carbocycles. The predicted octanol–water partition coefficient (Wildman–Crippen LogP) is 4.19. The monoisotopic (exact) mass is 317 g/mol. The molecule has 0 aromatic heterocycles. The molecule has 2 aliphatic rings. The van der Waals surface area contributed by atoms with Crippen molar-refractivity contribution in [1.29, 1.82) is 0 Å². The van der Waals surface area contributed by atoms with E-state index < -0.39 is 0 Å². The Morgan fingerprint density at radius 3 is 2.52 bits per heavy atom. The van der Waals surface area contributed by atoms with Gasteiger partial charge in [-0.05, 0) is 25.3 Å². The molecule has 1 heterocycles. The summed E-state index contributed by atoms with van der Waals surface area (Å²) in [5.74, 6) is 0. The fraction of sp³-hybridized carbons (Fsp3) is 0.700. The van der Waals surface area contributed by atoms with E-state index in [0.29, 0.717) is 6.10 Å². The zero-order valence-corrected chi connectivity index (χ0v) is 14.5. The molecule has 1 aromatic carbocycles. The Labute approximate surface area is 141 Å². The molecule has 128 valence electrons. The van der Waals surface area contributed by atoms with Gasteiger partial charge in [-0.15, -0.1) is 0 Å². The second kappa shape index (κ2) is 8.81. The van der Waals surface area contributed by atoms with Crippen molar-refractivity contribution in [2.75, 3.05) is 26.2 Å². The summed E-state index contributed by atoms with van der Waals surface area (Å²) >= 11 is 0. The van der Waals surface area contributed by atoms with E-state index >= 15 is 0 Å². The zero-order chi connectivity index (χ0) is 15.9. The number of ether oxygens (including phenoxy) is 2. The SMILES string of the molecule is CC1CN(CCOC2CCCCCC2)CC(c2ccccc2)O1. The molecule has 1 aromatic rings. The summed E-state index contributed by atoms with van der Waals surface area (Å²) in [4.78, 5) is 2.50. The van der Waals surface area contributed by atoms with Crippen LogP contribution in [0.25, 0.3) is 0 Å². The van der Waals surface area contributed by atoms with E-state index in [0.717, 1.165) is 26.2 Å². The summed E-state index contributed by atoms with van der Waals surface area (Å²) in [5.41, 5.74) is 1.29. The molecule has 23 heavy (non-hydrogen) atoms. The van der Waals surface area contributed by atoms with Crippen molar-refractivity contribution in [2.24, 2.45) is 0 Å². The smallest absolute Gasteiger partial charge is 0.0956 e. The molecule has 1 saturated heterocycles. The maximum atomic E-state index is 6.16. The number of rotatable bonds is 5. The van der Waals surface area contributed by atoms with Gasteiger partial charge >= 0.3 is 0 Å². The van der Waals surface area contributed by atoms with Crippen LogP contribution in [0.3, 0.4) is 0 Å². The molecule has 0 radical (unpaired) electrons. The highest BCUT2D eigenvalue weighted by Crippen LogP contribution is 2.25. The normalized spacial score (nSPS) is 27.7. The largest absolute Gasteiger partial charge is 0.377 e. The summed E-state index contributed by atoms with van der Waals surface area (Å²) in [5, 5.41) is 0. The van der Waals surface area contributed by atoms with Crippen molar-refractivity contribution in [3.05, 3.63) is 35.9 Å². The van der Waals surface area contributed by atoms with E-state index in [1.165, 1.54) is 44.1 Å². The Morgan fingerprint density at radius 1 is 1.04 bits per heavy atom. The molecule has 0 amide bonds. The van der Waals surface area contributed by atoms with Gasteiger partial charge in [0.1, 0.15) is 0 Å². The van der Waals surface area contributed by atoms with Gasteiger partial charge in [0.15, 0.2) is 0 Å². The van der Waals surface area contributed by atoms with Crippen molar-refractivity contribution in [3.8, 4) is 0 Å². The quantitative estimate of drug-likeness (QED) is 0.760. The van der Waals surface area contributed by atoms with Crippen LogP contribution in [-0.4, -0.2) is 43.3 Å². The first-order chi connectivity index (χ1) is 11.3. The molecule has 0 N–H and O–H groups in total. The lowest BCUT2D eigenvalue weighted by Gasteiger charge is -2.37. The molecule has 1 aliphatic heterocycles. The van der Waals surface area contributed by atoms with Gasteiger partial charge in [0, 0.05) is 19.6 Å². The third-order valence-electron chi connectivity index (χ3n) is 5.07. The topological polar surface area (TPSA) is 21.7 Å². The third kappa shape index (κ3) is 5.30. The standard InChI is InChI=1S/C20H31NO2/c1-17-15-21(13-14-22-19-11-7-2-3-8-12-19)16-20(23-17)18-9-5-4-6-10-18/h4-6,9-10,17,19-20H,2-3,7-8,11-16H2,1H3. The first-order valence-corrected chi connectivity index (χ1v) is 9.35. The number of nitrogens with zero attached hydrogens (tertiary/aromatic N) is 1. The van der Waals surface area contributed by atoms with Gasteiger partial charge in [0.25, 0.3) is 0 Å². The van der Waals surface area contributed by atoms with E-state index in [-0.39, 0.29) is 12.2 Å². The molecule has 2 atom stereocenters. The molecule has 0 bridgehead atoms. The van der Waals surface area contributed by atoms with E-state index in [1.807, 2.05) is 0 Å². The van der Waals surface area contributed by atoms with Gasteiger partial charge in [0.05, 0.1) is 24.9 Å². The highest BCUT2D eigenvalue weighted by molar-refractivity contribution is 5.18. The average Bonchev–Trinajstić information content (AvgIpc) is 2.84. The van der Waals surface area contributed by atoms with Crippen LogP contribution in [0.4, 0.5) is 0 Å². The summed E-state index contributed by atoms with van der Waals surface area (Å²) < 4.78 is 12.3. The van der Waals surface area contributed by atoms with Gasteiger partial charge in [-0.2, -0.15) is 0 Å². The van der Waals surface area contributed by atoms with Gasteiger partial charge in [0.2, 0.25) is 0 Å². The lowest BCUT2D eigenvalue weighted by molar-refractivity contribution is -0.0864. The van der Waals surface area contributed by atoms with Gasteiger partial charge in [-0.1, -0.05) is 56.0 Å². The van der Waals surface area contributed by atoms with E-state index in [9.17, 15) is 0 Å². The zero-order valence-electron chi connectivity index (χ0n) is 14.5. The lowest BCUT2D eigenvalue weighted by Crippen LogP contribution is -2.44. The molecule has 2 fully saturated rings. The average molecular weight is 317 g/mol. The van der Waals surface area contributed by atoms with Crippen LogP contribution in [0.5, 0.6) is 0 Å². The predicted molar refractivity (Wildman–Crippen MR) is 93.6 cm³/mol. The molecular weight excluding hydrogens is 286 g/mol. The molecule has 1 aliphatic carbocycles. The molecule has 3 rings (SSSR count). The lowest BCUT2D eigenvalue weighted by atomic mass is 10.1. The van der Waals surface area contributed by atoms with Crippen molar-refractivity contribution in [1.82, 2.24) is 4.90 Å². The summed E-state index contributed by atoms with van der Waals surface area (Å²) in [6.07, 6.45) is 8.95. The number of hydrogen-bond donors (Lipinski definition) is 0. The highest BCUT2D eigenvalue weighted by atomic mass is 16.5. The number of morpholine rings is 1. The van der Waals surface area contributed by atoms with Crippen molar-refractivity contribution < 1.29 is 9.47 Å². The fourth-order valence-corrected chi connectivity index (χ4v) is 3.83. The van der Waals surface area contributed by atoms with Crippen LogP contribution >= 0.6 is 0 Å². The Kier molecular flexibility index (Phi) is 6.49. The first-order valence-electron chi connectivity index (χ1n) is 9.35. The Balaban J connectivity index is 1.45. The van der Waals surface area contributed by atoms with Gasteiger partial charge in [-0.3, -0.25) is 4.90 Å². The van der Waals surface area contributed by atoms with Crippen LogP contribution in [0.15, 0.2) is 30.3 Å². The summed E-state index contributed by atoms with van der Waals surface area (Å²) in [6.45, 7) is 6.04. The van der Waals surface area contributed by atoms with Gasteiger partial charge in [-0.25, -0.2) is 0 Å². The van der Waals surface area contributed by atoms with Gasteiger partial charge < -0.3 is 9.47 Å². The number of hydrogen-bond acceptors (Lipinski definition) is 3. The first kappa shape index (κ1) is 16.9. The minimum absolute atomic E-state index is 0.192. The Bertz CT molecular complexity index is 442. The molecular formula is C20H31NO2. The Morgan fingerprint density at radius 2 is 1.78 bits per heavy atom. The highest BCUT2D eigenvalue weighted by Gasteiger charge is 2.26. The second-order valence-corrected chi connectivity index (χ2v) is 7.09. The second-order valence-electron chi connectivity index (χ2n) is 7.09. The van der Waals surface area contributed by atoms with Crippen LogP contribution in [0, 0.1) is 0 Å². The minimum Gasteiger partial charge on any atom is -0.377 e.